The van der Waals surface area contributed by atoms with Crippen molar-refractivity contribution in [3.8, 4) is 22.9 Å². The van der Waals surface area contributed by atoms with Crippen molar-refractivity contribution in [3.63, 3.8) is 0 Å². The van der Waals surface area contributed by atoms with Crippen molar-refractivity contribution in [3.05, 3.63) is 83.7 Å². The monoisotopic (exact) mass is 353 g/mol. The zero-order valence-corrected chi connectivity index (χ0v) is 14.6. The van der Waals surface area contributed by atoms with Crippen molar-refractivity contribution in [1.82, 2.24) is 9.97 Å². The lowest BCUT2D eigenvalue weighted by molar-refractivity contribution is 0.0736. The normalized spacial score (nSPS) is 10.5. The highest BCUT2D eigenvalue weighted by molar-refractivity contribution is 6.02. The number of hydrogen-bond acceptors (Lipinski definition) is 4. The molecule has 0 saturated heterocycles. The summed E-state index contributed by atoms with van der Waals surface area (Å²) in [6.45, 7) is 1.84. The maximum absolute atomic E-state index is 12.6. The van der Waals surface area contributed by atoms with Crippen molar-refractivity contribution >= 4 is 17.0 Å². The topological polar surface area (TPSA) is 78.8 Å². The SMILES string of the molecule is Cc1nc2c(C(=O)Oc3ccc(-c4ccccc4C#N)cc3)cccc2[nH]1. The minimum Gasteiger partial charge on any atom is -0.423 e. The predicted octanol–water partition coefficient (Wildman–Crippen LogP) is 4.63. The van der Waals surface area contributed by atoms with Crippen LogP contribution >= 0.6 is 0 Å². The van der Waals surface area contributed by atoms with Gasteiger partial charge in [0.05, 0.1) is 22.7 Å². The van der Waals surface area contributed by atoms with Gasteiger partial charge in [0.25, 0.3) is 0 Å². The second kappa shape index (κ2) is 6.77. The summed E-state index contributed by atoms with van der Waals surface area (Å²) < 4.78 is 5.51. The van der Waals surface area contributed by atoms with Crippen LogP contribution in [0.15, 0.2) is 66.7 Å². The molecule has 27 heavy (non-hydrogen) atoms. The van der Waals surface area contributed by atoms with E-state index in [4.69, 9.17) is 4.74 Å². The molecule has 0 atom stereocenters. The summed E-state index contributed by atoms with van der Waals surface area (Å²) in [6.07, 6.45) is 0. The highest BCUT2D eigenvalue weighted by Crippen LogP contribution is 2.26. The third-order valence-electron chi connectivity index (χ3n) is 4.27. The van der Waals surface area contributed by atoms with Gasteiger partial charge in [-0.3, -0.25) is 0 Å². The summed E-state index contributed by atoms with van der Waals surface area (Å²) in [5, 5.41) is 9.24. The molecular formula is C22H15N3O2. The molecule has 1 aromatic heterocycles. The third kappa shape index (κ3) is 3.16. The fourth-order valence-electron chi connectivity index (χ4n) is 3.02. The summed E-state index contributed by atoms with van der Waals surface area (Å²) in [7, 11) is 0. The number of ether oxygens (including phenoxy) is 1. The molecule has 130 valence electrons. The lowest BCUT2D eigenvalue weighted by Crippen LogP contribution is -2.09. The van der Waals surface area contributed by atoms with E-state index < -0.39 is 5.97 Å². The van der Waals surface area contributed by atoms with Crippen LogP contribution < -0.4 is 4.74 Å². The summed E-state index contributed by atoms with van der Waals surface area (Å²) in [5.74, 6) is 0.713. The van der Waals surface area contributed by atoms with Gasteiger partial charge in [-0.2, -0.15) is 5.26 Å². The maximum atomic E-state index is 12.6. The summed E-state index contributed by atoms with van der Waals surface area (Å²) in [4.78, 5) is 20.0. The first kappa shape index (κ1) is 16.6. The van der Waals surface area contributed by atoms with Crippen LogP contribution in [0.4, 0.5) is 0 Å². The zero-order valence-electron chi connectivity index (χ0n) is 14.6. The van der Waals surface area contributed by atoms with Gasteiger partial charge in [0.1, 0.15) is 17.1 Å². The fraction of sp³-hybridized carbons (Fsp3) is 0.0455. The summed E-state index contributed by atoms with van der Waals surface area (Å²) >= 11 is 0. The van der Waals surface area contributed by atoms with Crippen LogP contribution in [-0.4, -0.2) is 15.9 Å². The van der Waals surface area contributed by atoms with Crippen LogP contribution in [0.5, 0.6) is 5.75 Å². The van der Waals surface area contributed by atoms with E-state index in [0.717, 1.165) is 22.5 Å². The Bertz CT molecular complexity index is 1180. The first-order chi connectivity index (χ1) is 13.2. The Morgan fingerprint density at radius 1 is 1.04 bits per heavy atom. The first-order valence-electron chi connectivity index (χ1n) is 8.43. The number of nitriles is 1. The van der Waals surface area contributed by atoms with Crippen LogP contribution in [0.1, 0.15) is 21.7 Å². The predicted molar refractivity (Wildman–Crippen MR) is 102 cm³/mol. The van der Waals surface area contributed by atoms with Crippen LogP contribution in [-0.2, 0) is 0 Å². The number of H-pyrrole nitrogens is 1. The fourth-order valence-corrected chi connectivity index (χ4v) is 3.02. The van der Waals surface area contributed by atoms with Gasteiger partial charge in [-0.25, -0.2) is 9.78 Å². The first-order valence-corrected chi connectivity index (χ1v) is 8.43. The van der Waals surface area contributed by atoms with Gasteiger partial charge in [0.15, 0.2) is 0 Å². The molecule has 0 radical (unpaired) electrons. The number of carbonyl (C=O) groups is 1. The second-order valence-electron chi connectivity index (χ2n) is 6.10. The van der Waals surface area contributed by atoms with E-state index in [2.05, 4.69) is 16.0 Å². The highest BCUT2D eigenvalue weighted by atomic mass is 16.5. The number of imidazole rings is 1. The van der Waals surface area contributed by atoms with E-state index in [-0.39, 0.29) is 0 Å². The van der Waals surface area contributed by atoms with Crippen molar-refractivity contribution in [2.45, 2.75) is 6.92 Å². The number of aryl methyl sites for hydroxylation is 1. The Labute approximate surface area is 155 Å². The number of carbonyl (C=O) groups excluding carboxylic acids is 1. The second-order valence-corrected chi connectivity index (χ2v) is 6.10. The molecule has 3 aromatic carbocycles. The number of esters is 1. The Kier molecular flexibility index (Phi) is 4.15. The van der Waals surface area contributed by atoms with E-state index in [1.807, 2.05) is 43.3 Å². The van der Waals surface area contributed by atoms with E-state index in [1.165, 1.54) is 0 Å². The van der Waals surface area contributed by atoms with Gasteiger partial charge in [-0.05, 0) is 48.4 Å². The van der Waals surface area contributed by atoms with Gasteiger partial charge in [-0.1, -0.05) is 36.4 Å². The average Bonchev–Trinajstić information content (AvgIpc) is 3.08. The van der Waals surface area contributed by atoms with Crippen molar-refractivity contribution in [1.29, 1.82) is 5.26 Å². The molecule has 5 nitrogen and oxygen atoms in total. The lowest BCUT2D eigenvalue weighted by atomic mass is 10.0. The number of aromatic amines is 1. The number of rotatable bonds is 3. The van der Waals surface area contributed by atoms with Gasteiger partial charge in [-0.15, -0.1) is 0 Å². The molecule has 0 aliphatic rings. The van der Waals surface area contributed by atoms with Gasteiger partial charge < -0.3 is 9.72 Å². The smallest absolute Gasteiger partial charge is 0.345 e. The van der Waals surface area contributed by atoms with Crippen LogP contribution in [0.25, 0.3) is 22.2 Å². The molecule has 0 amide bonds. The van der Waals surface area contributed by atoms with E-state index in [0.29, 0.717) is 22.4 Å². The van der Waals surface area contributed by atoms with Gasteiger partial charge >= 0.3 is 5.97 Å². The summed E-state index contributed by atoms with van der Waals surface area (Å²) in [5.41, 5.74) is 4.13. The largest absolute Gasteiger partial charge is 0.423 e. The number of fused-ring (bicyclic) bond motifs is 1. The Hall–Kier alpha value is -3.91. The standard InChI is InChI=1S/C22H15N3O2/c1-14-24-20-8-4-7-19(21(20)25-14)22(26)27-17-11-9-15(10-12-17)18-6-3-2-5-16(18)13-23/h2-12H,1H3,(H,24,25). The van der Waals surface area contributed by atoms with Crippen LogP contribution in [0.2, 0.25) is 0 Å². The van der Waals surface area contributed by atoms with E-state index >= 15 is 0 Å². The Morgan fingerprint density at radius 3 is 2.59 bits per heavy atom. The molecule has 0 saturated carbocycles. The number of para-hydroxylation sites is 1. The molecule has 0 spiro atoms. The summed E-state index contributed by atoms with van der Waals surface area (Å²) in [6, 6.07) is 22.0. The number of nitrogens with one attached hydrogen (secondary N) is 1. The van der Waals surface area contributed by atoms with E-state index in [1.54, 1.807) is 30.3 Å². The molecular weight excluding hydrogens is 338 g/mol. The van der Waals surface area contributed by atoms with Crippen molar-refractivity contribution < 1.29 is 9.53 Å². The number of benzene rings is 3. The van der Waals surface area contributed by atoms with Crippen molar-refractivity contribution in [2.24, 2.45) is 0 Å². The maximum Gasteiger partial charge on any atom is 0.345 e. The minimum absolute atomic E-state index is 0.413. The molecule has 4 rings (SSSR count). The quantitative estimate of drug-likeness (QED) is 0.430. The molecule has 1 N–H and O–H groups in total. The lowest BCUT2D eigenvalue weighted by Gasteiger charge is -2.07. The average molecular weight is 353 g/mol. The van der Waals surface area contributed by atoms with Gasteiger partial charge in [0, 0.05) is 0 Å². The molecule has 4 aromatic rings. The highest BCUT2D eigenvalue weighted by Gasteiger charge is 2.15. The van der Waals surface area contributed by atoms with E-state index in [9.17, 15) is 10.1 Å². The van der Waals surface area contributed by atoms with Crippen LogP contribution in [0.3, 0.4) is 0 Å². The zero-order chi connectivity index (χ0) is 18.8. The van der Waals surface area contributed by atoms with Crippen LogP contribution in [0, 0.1) is 18.3 Å². The minimum atomic E-state index is -0.461. The molecule has 0 bridgehead atoms. The van der Waals surface area contributed by atoms with Crippen molar-refractivity contribution in [2.75, 3.05) is 0 Å². The third-order valence-corrected chi connectivity index (χ3v) is 4.27. The number of hydrogen-bond donors (Lipinski definition) is 1. The molecule has 5 heteroatoms. The molecule has 0 aliphatic heterocycles. The van der Waals surface area contributed by atoms with Gasteiger partial charge in [0.2, 0.25) is 0 Å². The number of nitrogens with zero attached hydrogens (tertiary/aromatic N) is 2. The molecule has 1 heterocycles. The number of aromatic nitrogens is 2. The molecule has 0 aliphatic carbocycles. The molecule has 0 unspecified atom stereocenters. The molecule has 0 fully saturated rings. The Morgan fingerprint density at radius 2 is 1.81 bits per heavy atom. The Balaban J connectivity index is 1.60.